The number of nitrogens with two attached hydrogens (primary N) is 1. The quantitative estimate of drug-likeness (QED) is 0.411. The van der Waals surface area contributed by atoms with Crippen LogP contribution in [-0.4, -0.2) is 15.9 Å². The number of hydrogen-bond acceptors (Lipinski definition) is 5. The Morgan fingerprint density at radius 3 is 2.53 bits per heavy atom. The van der Waals surface area contributed by atoms with Crippen LogP contribution in [-0.2, 0) is 6.18 Å². The lowest BCUT2D eigenvalue weighted by molar-refractivity contribution is -0.137. The van der Waals surface area contributed by atoms with E-state index in [1.165, 1.54) is 0 Å². The van der Waals surface area contributed by atoms with Crippen molar-refractivity contribution in [2.45, 2.75) is 6.18 Å². The van der Waals surface area contributed by atoms with Crippen LogP contribution < -0.4 is 11.1 Å². The fraction of sp³-hybridized carbons (Fsp3) is 0.0500. The lowest BCUT2D eigenvalue weighted by Crippen LogP contribution is -2.13. The first kappa shape index (κ1) is 20.1. The molecule has 0 aliphatic rings. The predicted molar refractivity (Wildman–Crippen MR) is 112 cm³/mol. The van der Waals surface area contributed by atoms with Crippen LogP contribution in [0.4, 0.5) is 24.5 Å². The smallest absolute Gasteiger partial charge is 0.397 e. The molecule has 4 aromatic rings. The van der Waals surface area contributed by atoms with Crippen molar-refractivity contribution in [3.8, 4) is 11.3 Å². The third kappa shape index (κ3) is 3.81. The molecule has 152 valence electrons. The number of fused-ring (bicyclic) bond motifs is 1. The number of carbonyl (C=O) groups excluding carboxylic acids is 1. The Labute approximate surface area is 177 Å². The molecule has 0 saturated heterocycles. The molecule has 0 atom stereocenters. The van der Waals surface area contributed by atoms with Crippen LogP contribution >= 0.6 is 22.9 Å². The Kier molecular flexibility index (Phi) is 5.08. The van der Waals surface area contributed by atoms with Gasteiger partial charge in [-0.1, -0.05) is 11.6 Å². The highest BCUT2D eigenvalue weighted by molar-refractivity contribution is 7.21. The highest BCUT2D eigenvalue weighted by Crippen LogP contribution is 2.37. The van der Waals surface area contributed by atoms with Gasteiger partial charge in [0.25, 0.3) is 5.91 Å². The number of amides is 1. The van der Waals surface area contributed by atoms with E-state index in [4.69, 9.17) is 17.3 Å². The van der Waals surface area contributed by atoms with Gasteiger partial charge in [0.2, 0.25) is 0 Å². The van der Waals surface area contributed by atoms with Crippen molar-refractivity contribution in [1.29, 1.82) is 0 Å². The lowest BCUT2D eigenvalue weighted by atomic mass is 10.1. The second-order valence-corrected chi connectivity index (χ2v) is 7.68. The molecule has 3 heterocycles. The van der Waals surface area contributed by atoms with E-state index in [1.807, 2.05) is 0 Å². The number of anilines is 2. The summed E-state index contributed by atoms with van der Waals surface area (Å²) in [6.45, 7) is 0. The van der Waals surface area contributed by atoms with Gasteiger partial charge in [-0.05, 0) is 42.5 Å². The van der Waals surface area contributed by atoms with Gasteiger partial charge in [0, 0.05) is 23.3 Å². The number of rotatable bonds is 3. The van der Waals surface area contributed by atoms with Gasteiger partial charge in [0.05, 0.1) is 27.7 Å². The zero-order chi connectivity index (χ0) is 21.5. The summed E-state index contributed by atoms with van der Waals surface area (Å²) in [6.07, 6.45) is -1.28. The minimum Gasteiger partial charge on any atom is -0.397 e. The lowest BCUT2D eigenvalue weighted by Gasteiger charge is -2.11. The monoisotopic (exact) mass is 448 g/mol. The number of hydrogen-bond donors (Lipinski definition) is 2. The number of thiophene rings is 1. The summed E-state index contributed by atoms with van der Waals surface area (Å²) >= 11 is 7.00. The second-order valence-electron chi connectivity index (χ2n) is 6.28. The maximum atomic E-state index is 13.0. The number of aromatic nitrogens is 2. The van der Waals surface area contributed by atoms with Crippen molar-refractivity contribution in [3.05, 3.63) is 70.3 Å². The first-order valence-electron chi connectivity index (χ1n) is 8.51. The summed E-state index contributed by atoms with van der Waals surface area (Å²) in [7, 11) is 0. The molecule has 1 aromatic carbocycles. The minimum absolute atomic E-state index is 0.0193. The highest BCUT2D eigenvalue weighted by atomic mass is 35.5. The topological polar surface area (TPSA) is 80.9 Å². The standard InChI is InChI=1S/C20H12ClF3N4OS/c21-13-3-1-11(20(22,23)24)9-15(13)27-18(29)17-16(25)12-2-4-14(28-19(12)30-17)10-5-7-26-8-6-10/h1-9H,25H2,(H,27,29). The molecule has 4 rings (SSSR count). The number of halogens is 4. The van der Waals surface area contributed by atoms with Crippen LogP contribution in [0.5, 0.6) is 0 Å². The largest absolute Gasteiger partial charge is 0.416 e. The molecule has 0 saturated carbocycles. The number of nitrogen functional groups attached to an aromatic ring is 1. The van der Waals surface area contributed by atoms with Crippen LogP contribution in [0.1, 0.15) is 15.2 Å². The zero-order valence-electron chi connectivity index (χ0n) is 15.0. The average Bonchev–Trinajstić information content (AvgIpc) is 3.05. The van der Waals surface area contributed by atoms with E-state index < -0.39 is 17.6 Å². The molecule has 3 N–H and O–H groups in total. The normalized spacial score (nSPS) is 11.6. The number of nitrogens with one attached hydrogen (secondary N) is 1. The van der Waals surface area contributed by atoms with Crippen molar-refractivity contribution < 1.29 is 18.0 Å². The van der Waals surface area contributed by atoms with Crippen LogP contribution in [0, 0.1) is 0 Å². The van der Waals surface area contributed by atoms with E-state index >= 15 is 0 Å². The van der Waals surface area contributed by atoms with E-state index in [2.05, 4.69) is 15.3 Å². The third-order valence-corrected chi connectivity index (χ3v) is 5.76. The summed E-state index contributed by atoms with van der Waals surface area (Å²) < 4.78 is 38.9. The molecule has 5 nitrogen and oxygen atoms in total. The molecular weight excluding hydrogens is 437 g/mol. The molecule has 0 bridgehead atoms. The van der Waals surface area contributed by atoms with E-state index in [-0.39, 0.29) is 21.3 Å². The van der Waals surface area contributed by atoms with Gasteiger partial charge in [-0.25, -0.2) is 4.98 Å². The molecule has 1 amide bonds. The number of benzene rings is 1. The second kappa shape index (κ2) is 7.58. The zero-order valence-corrected chi connectivity index (χ0v) is 16.6. The van der Waals surface area contributed by atoms with Crippen LogP contribution in [0.25, 0.3) is 21.5 Å². The van der Waals surface area contributed by atoms with Crippen molar-refractivity contribution in [2.75, 3.05) is 11.1 Å². The molecule has 30 heavy (non-hydrogen) atoms. The Hall–Kier alpha value is -3.17. The van der Waals surface area contributed by atoms with Gasteiger partial charge in [-0.15, -0.1) is 11.3 Å². The number of alkyl halides is 3. The molecule has 0 fully saturated rings. The average molecular weight is 449 g/mol. The van der Waals surface area contributed by atoms with Gasteiger partial charge < -0.3 is 11.1 Å². The van der Waals surface area contributed by atoms with Crippen molar-refractivity contribution in [1.82, 2.24) is 9.97 Å². The molecule has 0 radical (unpaired) electrons. The van der Waals surface area contributed by atoms with Gasteiger partial charge in [-0.2, -0.15) is 13.2 Å². The van der Waals surface area contributed by atoms with Crippen LogP contribution in [0.3, 0.4) is 0 Å². The first-order valence-corrected chi connectivity index (χ1v) is 9.71. The number of carbonyl (C=O) groups is 1. The maximum Gasteiger partial charge on any atom is 0.416 e. The number of nitrogens with zero attached hydrogens (tertiary/aromatic N) is 2. The molecular formula is C20H12ClF3N4OS. The fourth-order valence-electron chi connectivity index (χ4n) is 2.83. The van der Waals surface area contributed by atoms with Crippen molar-refractivity contribution >= 4 is 50.4 Å². The summed E-state index contributed by atoms with van der Waals surface area (Å²) in [4.78, 5) is 21.9. The van der Waals surface area contributed by atoms with Gasteiger partial charge in [0.1, 0.15) is 9.71 Å². The van der Waals surface area contributed by atoms with Crippen molar-refractivity contribution in [3.63, 3.8) is 0 Å². The van der Waals surface area contributed by atoms with Gasteiger partial charge in [0.15, 0.2) is 0 Å². The Bertz CT molecular complexity index is 1260. The molecule has 0 unspecified atom stereocenters. The third-order valence-electron chi connectivity index (χ3n) is 4.32. The van der Waals surface area contributed by atoms with Crippen LogP contribution in [0.15, 0.2) is 54.9 Å². The Balaban J connectivity index is 1.68. The molecule has 3 aromatic heterocycles. The predicted octanol–water partition coefficient (Wildman–Crippen LogP) is 5.87. The first-order chi connectivity index (χ1) is 14.2. The Morgan fingerprint density at radius 2 is 1.83 bits per heavy atom. The van der Waals surface area contributed by atoms with E-state index in [9.17, 15) is 18.0 Å². The molecule has 0 aliphatic carbocycles. The summed E-state index contributed by atoms with van der Waals surface area (Å²) in [5, 5.41) is 2.97. The van der Waals surface area contributed by atoms with Gasteiger partial charge in [-0.3, -0.25) is 9.78 Å². The van der Waals surface area contributed by atoms with E-state index in [1.54, 1.807) is 36.7 Å². The van der Waals surface area contributed by atoms with Crippen molar-refractivity contribution in [2.24, 2.45) is 0 Å². The SMILES string of the molecule is Nc1c(C(=O)Nc2cc(C(F)(F)F)ccc2Cl)sc2nc(-c3ccncc3)ccc12. The number of pyridine rings is 2. The molecule has 0 spiro atoms. The maximum absolute atomic E-state index is 13.0. The summed E-state index contributed by atoms with van der Waals surface area (Å²) in [5.41, 5.74) is 6.76. The van der Waals surface area contributed by atoms with Gasteiger partial charge >= 0.3 is 6.18 Å². The fourth-order valence-corrected chi connectivity index (χ4v) is 3.98. The van der Waals surface area contributed by atoms with E-state index in [0.29, 0.717) is 15.9 Å². The molecule has 10 heteroatoms. The highest BCUT2D eigenvalue weighted by Gasteiger charge is 2.31. The minimum atomic E-state index is -4.56. The summed E-state index contributed by atoms with van der Waals surface area (Å²) in [6, 6.07) is 9.82. The summed E-state index contributed by atoms with van der Waals surface area (Å²) in [5.74, 6) is -0.665. The molecule has 0 aliphatic heterocycles. The Morgan fingerprint density at radius 1 is 1.10 bits per heavy atom. The van der Waals surface area contributed by atoms with Crippen LogP contribution in [0.2, 0.25) is 5.02 Å². The van der Waals surface area contributed by atoms with E-state index in [0.717, 1.165) is 35.1 Å².